The fourth-order valence-electron chi connectivity index (χ4n) is 2.92. The summed E-state index contributed by atoms with van der Waals surface area (Å²) in [6, 6.07) is 13.5. The smallest absolute Gasteiger partial charge is 0.387 e. The second-order valence-electron chi connectivity index (χ2n) is 6.57. The van der Waals surface area contributed by atoms with Gasteiger partial charge in [-0.2, -0.15) is 13.9 Å². The highest BCUT2D eigenvalue weighted by Crippen LogP contribution is 2.23. The molecule has 0 aliphatic rings. The molecule has 0 saturated heterocycles. The molecule has 3 rings (SSSR count). The van der Waals surface area contributed by atoms with Crippen molar-refractivity contribution in [3.05, 3.63) is 82.1 Å². The minimum Gasteiger partial charge on any atom is -0.435 e. The van der Waals surface area contributed by atoms with Gasteiger partial charge in [0.1, 0.15) is 5.75 Å². The van der Waals surface area contributed by atoms with Crippen LogP contribution in [0.25, 0.3) is 6.08 Å². The first-order chi connectivity index (χ1) is 14.3. The quantitative estimate of drug-likeness (QED) is 0.506. The second kappa shape index (κ2) is 9.54. The molecule has 1 amide bonds. The zero-order chi connectivity index (χ0) is 21.7. The largest absolute Gasteiger partial charge is 0.435 e. The number of hydrogen-bond acceptors (Lipinski definition) is 3. The van der Waals surface area contributed by atoms with Gasteiger partial charge in [0.25, 0.3) is 0 Å². The fourth-order valence-corrected chi connectivity index (χ4v) is 3.11. The number of nitrogens with zero attached hydrogens (tertiary/aromatic N) is 2. The van der Waals surface area contributed by atoms with E-state index in [1.807, 2.05) is 38.1 Å². The van der Waals surface area contributed by atoms with Crippen LogP contribution >= 0.6 is 11.6 Å². The lowest BCUT2D eigenvalue weighted by Crippen LogP contribution is -2.10. The van der Waals surface area contributed by atoms with Crippen LogP contribution in [-0.2, 0) is 11.3 Å². The maximum atomic E-state index is 12.3. The Balaban J connectivity index is 1.67. The van der Waals surface area contributed by atoms with E-state index in [1.165, 1.54) is 18.2 Å². The van der Waals surface area contributed by atoms with Crippen molar-refractivity contribution in [2.75, 3.05) is 5.32 Å². The Morgan fingerprint density at radius 3 is 2.57 bits per heavy atom. The molecule has 5 nitrogen and oxygen atoms in total. The third-order valence-electron chi connectivity index (χ3n) is 4.44. The topological polar surface area (TPSA) is 56.2 Å². The molecule has 3 aromatic rings. The Bertz CT molecular complexity index is 1060. The van der Waals surface area contributed by atoms with Gasteiger partial charge in [0.05, 0.1) is 23.6 Å². The molecule has 8 heteroatoms. The lowest BCUT2D eigenvalue weighted by atomic mass is 10.2. The van der Waals surface area contributed by atoms with Crippen molar-refractivity contribution in [1.82, 2.24) is 9.78 Å². The van der Waals surface area contributed by atoms with Gasteiger partial charge in [-0.3, -0.25) is 9.48 Å². The third-order valence-corrected chi connectivity index (χ3v) is 4.81. The number of carbonyl (C=O) groups is 1. The van der Waals surface area contributed by atoms with Crippen molar-refractivity contribution in [1.29, 1.82) is 0 Å². The summed E-state index contributed by atoms with van der Waals surface area (Å²) in [5.74, 6) is -0.268. The Hall–Kier alpha value is -3.19. The number of benzene rings is 2. The van der Waals surface area contributed by atoms with Crippen LogP contribution < -0.4 is 10.1 Å². The molecule has 1 heterocycles. The lowest BCUT2D eigenvalue weighted by Gasteiger charge is -2.07. The minimum absolute atomic E-state index is 0.0591. The molecule has 0 radical (unpaired) electrons. The first-order valence-electron chi connectivity index (χ1n) is 9.15. The van der Waals surface area contributed by atoms with Crippen LogP contribution in [0.1, 0.15) is 22.5 Å². The van der Waals surface area contributed by atoms with E-state index in [9.17, 15) is 13.6 Å². The fraction of sp³-hybridized carbons (Fsp3) is 0.182. The molecular formula is C22H20ClF2N3O2. The Labute approximate surface area is 177 Å². The Morgan fingerprint density at radius 2 is 1.90 bits per heavy atom. The molecule has 1 aromatic heterocycles. The van der Waals surface area contributed by atoms with E-state index in [0.29, 0.717) is 28.5 Å². The zero-order valence-electron chi connectivity index (χ0n) is 16.4. The standard InChI is InChI=1S/C22H20ClF2N3O2/c1-14-21(15(2)28(27-14)13-17-5-3-4-6-19(17)23)26-20(29)12-9-16-7-10-18(11-8-16)30-22(24)25/h3-12,22H,13H2,1-2H3,(H,26,29)/b12-9-. The molecule has 2 aromatic carbocycles. The summed E-state index contributed by atoms with van der Waals surface area (Å²) < 4.78 is 30.5. The highest BCUT2D eigenvalue weighted by Gasteiger charge is 2.14. The number of amides is 1. The number of rotatable bonds is 7. The van der Waals surface area contributed by atoms with Crippen molar-refractivity contribution < 1.29 is 18.3 Å². The number of ether oxygens (including phenoxy) is 1. The van der Waals surface area contributed by atoms with Crippen LogP contribution in [0.4, 0.5) is 14.5 Å². The van der Waals surface area contributed by atoms with E-state index in [0.717, 1.165) is 11.3 Å². The van der Waals surface area contributed by atoms with Crippen molar-refractivity contribution in [2.24, 2.45) is 0 Å². The zero-order valence-corrected chi connectivity index (χ0v) is 17.2. The number of nitrogens with one attached hydrogen (secondary N) is 1. The van der Waals surface area contributed by atoms with Gasteiger partial charge >= 0.3 is 6.61 Å². The third kappa shape index (κ3) is 5.45. The van der Waals surface area contributed by atoms with Crippen molar-refractivity contribution in [3.8, 4) is 5.75 Å². The summed E-state index contributed by atoms with van der Waals surface area (Å²) in [4.78, 5) is 12.3. The van der Waals surface area contributed by atoms with Crippen LogP contribution in [-0.4, -0.2) is 22.3 Å². The van der Waals surface area contributed by atoms with Gasteiger partial charge < -0.3 is 10.1 Å². The predicted octanol–water partition coefficient (Wildman–Crippen LogP) is 5.45. The highest BCUT2D eigenvalue weighted by atomic mass is 35.5. The number of aromatic nitrogens is 2. The lowest BCUT2D eigenvalue weighted by molar-refractivity contribution is -0.111. The average Bonchev–Trinajstić information content (AvgIpc) is 2.96. The monoisotopic (exact) mass is 431 g/mol. The summed E-state index contributed by atoms with van der Waals surface area (Å²) in [5, 5.41) is 7.99. The number of alkyl halides is 2. The second-order valence-corrected chi connectivity index (χ2v) is 6.97. The van der Waals surface area contributed by atoms with E-state index in [4.69, 9.17) is 11.6 Å². The maximum absolute atomic E-state index is 12.3. The van der Waals surface area contributed by atoms with Gasteiger partial charge in [-0.15, -0.1) is 0 Å². The number of aryl methyl sites for hydroxylation is 1. The van der Waals surface area contributed by atoms with Crippen LogP contribution in [0.2, 0.25) is 5.02 Å². The average molecular weight is 432 g/mol. The van der Waals surface area contributed by atoms with Gasteiger partial charge in [0.2, 0.25) is 5.91 Å². The van der Waals surface area contributed by atoms with E-state index in [1.54, 1.807) is 22.9 Å². The SMILES string of the molecule is Cc1nn(Cc2ccccc2Cl)c(C)c1NC(=O)/C=C\c1ccc(OC(F)F)cc1. The molecule has 0 bridgehead atoms. The first-order valence-corrected chi connectivity index (χ1v) is 9.52. The van der Waals surface area contributed by atoms with Crippen LogP contribution in [0.3, 0.4) is 0 Å². The van der Waals surface area contributed by atoms with Crippen molar-refractivity contribution in [3.63, 3.8) is 0 Å². The summed E-state index contributed by atoms with van der Waals surface area (Å²) in [6.07, 6.45) is 2.95. The highest BCUT2D eigenvalue weighted by molar-refractivity contribution is 6.31. The molecular weight excluding hydrogens is 412 g/mol. The van der Waals surface area contributed by atoms with E-state index < -0.39 is 6.61 Å². The molecule has 0 saturated carbocycles. The minimum atomic E-state index is -2.87. The van der Waals surface area contributed by atoms with E-state index in [-0.39, 0.29) is 11.7 Å². The first kappa shape index (κ1) is 21.5. The van der Waals surface area contributed by atoms with E-state index in [2.05, 4.69) is 15.2 Å². The summed E-state index contributed by atoms with van der Waals surface area (Å²) >= 11 is 6.23. The summed E-state index contributed by atoms with van der Waals surface area (Å²) in [6.45, 7) is 1.31. The van der Waals surface area contributed by atoms with Gasteiger partial charge in [-0.05, 0) is 49.2 Å². The molecule has 156 valence electrons. The molecule has 0 atom stereocenters. The predicted molar refractivity (Wildman–Crippen MR) is 113 cm³/mol. The number of hydrogen-bond donors (Lipinski definition) is 1. The maximum Gasteiger partial charge on any atom is 0.387 e. The van der Waals surface area contributed by atoms with Crippen molar-refractivity contribution >= 4 is 29.3 Å². The normalized spacial score (nSPS) is 11.3. The van der Waals surface area contributed by atoms with Gasteiger partial charge in [-0.25, -0.2) is 0 Å². The Morgan fingerprint density at radius 1 is 1.20 bits per heavy atom. The number of anilines is 1. The van der Waals surface area contributed by atoms with Crippen LogP contribution in [0.15, 0.2) is 54.6 Å². The Kier molecular flexibility index (Phi) is 6.84. The molecule has 0 fully saturated rings. The molecule has 30 heavy (non-hydrogen) atoms. The van der Waals surface area contributed by atoms with Crippen LogP contribution in [0.5, 0.6) is 5.75 Å². The molecule has 0 spiro atoms. The molecule has 0 unspecified atom stereocenters. The van der Waals surface area contributed by atoms with Gasteiger partial charge in [0, 0.05) is 11.1 Å². The molecule has 0 aliphatic carbocycles. The van der Waals surface area contributed by atoms with Gasteiger partial charge in [-0.1, -0.05) is 41.9 Å². The number of carbonyl (C=O) groups excluding carboxylic acids is 1. The van der Waals surface area contributed by atoms with Crippen molar-refractivity contribution in [2.45, 2.75) is 27.0 Å². The van der Waals surface area contributed by atoms with E-state index >= 15 is 0 Å². The summed E-state index contributed by atoms with van der Waals surface area (Å²) in [7, 11) is 0. The summed E-state index contributed by atoms with van der Waals surface area (Å²) in [5.41, 5.74) is 3.74. The van der Waals surface area contributed by atoms with Crippen LogP contribution in [0, 0.1) is 13.8 Å². The van der Waals surface area contributed by atoms with Gasteiger partial charge in [0.15, 0.2) is 0 Å². The molecule has 1 N–H and O–H groups in total. The molecule has 0 aliphatic heterocycles. The number of halogens is 3.